The number of Topliss-reactive ketones (excluding diaryl/α,β-unsaturated/α-hetero) is 2. The van der Waals surface area contributed by atoms with Crippen molar-refractivity contribution < 1.29 is 69.5 Å². The molecular weight excluding hydrogens is 1050 g/mol. The normalized spacial score (nSPS) is 14.5. The van der Waals surface area contributed by atoms with Crippen LogP contribution in [0.15, 0.2) is 170 Å². The molecule has 0 atom stereocenters. The molecule has 0 aliphatic carbocycles. The van der Waals surface area contributed by atoms with Crippen molar-refractivity contribution in [1.29, 1.82) is 0 Å². The van der Waals surface area contributed by atoms with E-state index < -0.39 is 10.8 Å². The Morgan fingerprint density at radius 3 is 1.18 bits per heavy atom. The summed E-state index contributed by atoms with van der Waals surface area (Å²) < 4.78 is 16.4. The van der Waals surface area contributed by atoms with Crippen molar-refractivity contribution in [2.24, 2.45) is 0 Å². The Kier molecular flexibility index (Phi) is 26.4. The van der Waals surface area contributed by atoms with Crippen LogP contribution in [0.1, 0.15) is 146 Å². The van der Waals surface area contributed by atoms with Gasteiger partial charge in [0.25, 0.3) is 0 Å². The number of piperidine rings is 2. The summed E-state index contributed by atoms with van der Waals surface area (Å²) in [7, 11) is 2.77. The summed E-state index contributed by atoms with van der Waals surface area (Å²) in [5.74, 6) is -0.321. The molecule has 0 amide bonds. The van der Waals surface area contributed by atoms with Gasteiger partial charge in [-0.1, -0.05) is 186 Å². The number of alkyl halides is 1. The number of benzene rings is 6. The summed E-state index contributed by atoms with van der Waals surface area (Å²) in [6, 6.07) is 56.3. The van der Waals surface area contributed by atoms with Crippen LogP contribution in [-0.2, 0) is 34.6 Å². The van der Waals surface area contributed by atoms with Crippen LogP contribution in [-0.4, -0.2) is 104 Å². The van der Waals surface area contributed by atoms with Gasteiger partial charge in [-0.3, -0.25) is 19.2 Å². The number of hydrogen-bond donors (Lipinski definition) is 1. The molecule has 6 aromatic rings. The standard InChI is InChI=1S/C33H39NO4.C20H29NO4.C13H11Br.Na.H/c1-33(2,32(36)37-3)28-18-16-25(17-19-28)30(35)15-10-22-34-23-20-29(21-24-34)38-31(26-11-6-4-7-12-26)27-13-8-5-9-14-27;1-20(2,19(24)25-3)16-8-6-15(7-9-16)18(23)5-4-12-21-13-10-17(22)11-14-21;14-13(11-7-3-1-4-8-11)12-9-5-2-6-10-12;;/h4-9,11-14,16-19,29,31H,10,15,20-24H2,1-3H3;6-9,17,22H,4-5,10-14H2,1-3H3;1-10,13H;;/q;;;+1;-1. The molecule has 410 valence electrons. The Balaban J connectivity index is 0.000000281. The zero-order chi connectivity index (χ0) is 55.2. The Hall–Kier alpha value is -5.08. The maximum atomic E-state index is 12.8. The summed E-state index contributed by atoms with van der Waals surface area (Å²) >= 11 is 3.69. The number of carbonyl (C=O) groups excluding carboxylic acids is 4. The van der Waals surface area contributed by atoms with Gasteiger partial charge in [0.15, 0.2) is 11.6 Å². The minimum absolute atomic E-state index is 0. The fraction of sp³-hybridized carbons (Fsp3) is 0.394. The molecule has 2 fully saturated rings. The first-order chi connectivity index (χ1) is 37.1. The van der Waals surface area contributed by atoms with E-state index in [9.17, 15) is 24.3 Å². The molecule has 0 unspecified atom stereocenters. The average molecular weight is 1130 g/mol. The number of halogens is 1. The van der Waals surface area contributed by atoms with Crippen LogP contribution >= 0.6 is 15.9 Å². The van der Waals surface area contributed by atoms with Crippen molar-refractivity contribution >= 4 is 39.4 Å². The van der Waals surface area contributed by atoms with Gasteiger partial charge in [0.1, 0.15) is 6.10 Å². The molecule has 1 N–H and O–H groups in total. The topological polar surface area (TPSA) is 123 Å². The number of esters is 2. The Bertz CT molecular complexity index is 2640. The van der Waals surface area contributed by atoms with Gasteiger partial charge in [-0.2, -0.15) is 0 Å². The molecule has 2 heterocycles. The van der Waals surface area contributed by atoms with Crippen LogP contribution in [0, 0.1) is 0 Å². The quantitative estimate of drug-likeness (QED) is 0.0342. The van der Waals surface area contributed by atoms with Crippen LogP contribution in [0.2, 0.25) is 0 Å². The third-order valence-corrected chi connectivity index (χ3v) is 15.9. The monoisotopic (exact) mass is 1130 g/mol. The molecular formula is C66H80BrN2NaO8. The molecule has 0 saturated carbocycles. The molecule has 10 nitrogen and oxygen atoms in total. The molecule has 12 heteroatoms. The third kappa shape index (κ3) is 19.0. The minimum Gasteiger partial charge on any atom is -1.00 e. The predicted octanol–water partition coefficient (Wildman–Crippen LogP) is 10.2. The summed E-state index contributed by atoms with van der Waals surface area (Å²) in [4.78, 5) is 54.0. The molecule has 6 aromatic carbocycles. The number of rotatable bonds is 20. The van der Waals surface area contributed by atoms with Gasteiger partial charge >= 0.3 is 41.5 Å². The van der Waals surface area contributed by atoms with Gasteiger partial charge in [0, 0.05) is 50.1 Å². The van der Waals surface area contributed by atoms with E-state index in [1.165, 1.54) is 36.5 Å². The smallest absolute Gasteiger partial charge is 1.00 e. The summed E-state index contributed by atoms with van der Waals surface area (Å²) in [5, 5.41) is 9.51. The van der Waals surface area contributed by atoms with E-state index in [4.69, 9.17) is 14.2 Å². The summed E-state index contributed by atoms with van der Waals surface area (Å²) in [6.07, 6.45) is 6.30. The Labute approximate surface area is 496 Å². The molecule has 2 aliphatic heterocycles. The van der Waals surface area contributed by atoms with Gasteiger partial charge in [-0.15, -0.1) is 0 Å². The number of ketones is 2. The number of methoxy groups -OCH3 is 2. The van der Waals surface area contributed by atoms with E-state index in [-0.39, 0.29) is 72.8 Å². The molecule has 0 radical (unpaired) electrons. The van der Waals surface area contributed by atoms with Crippen LogP contribution in [0.5, 0.6) is 0 Å². The van der Waals surface area contributed by atoms with Gasteiger partial charge in [0.2, 0.25) is 0 Å². The van der Waals surface area contributed by atoms with E-state index >= 15 is 0 Å². The fourth-order valence-corrected chi connectivity index (χ4v) is 10.4. The van der Waals surface area contributed by atoms with E-state index in [2.05, 4.69) is 123 Å². The number of ether oxygens (including phenoxy) is 3. The molecule has 0 spiro atoms. The zero-order valence-electron chi connectivity index (χ0n) is 48.0. The maximum Gasteiger partial charge on any atom is 1.00 e. The molecule has 8 rings (SSSR count). The minimum atomic E-state index is -0.742. The first-order valence-corrected chi connectivity index (χ1v) is 28.1. The van der Waals surface area contributed by atoms with Crippen molar-refractivity contribution in [2.45, 2.75) is 113 Å². The van der Waals surface area contributed by atoms with Crippen molar-refractivity contribution in [2.75, 3.05) is 53.5 Å². The Morgan fingerprint density at radius 1 is 0.526 bits per heavy atom. The average Bonchev–Trinajstić information content (AvgIpc) is 3.49. The van der Waals surface area contributed by atoms with Crippen LogP contribution in [0.25, 0.3) is 0 Å². The third-order valence-electron chi connectivity index (χ3n) is 14.8. The number of hydrogen-bond acceptors (Lipinski definition) is 10. The molecule has 0 aromatic heterocycles. The van der Waals surface area contributed by atoms with Crippen molar-refractivity contribution in [3.63, 3.8) is 0 Å². The molecule has 2 saturated heterocycles. The summed E-state index contributed by atoms with van der Waals surface area (Å²) in [6.45, 7) is 12.9. The zero-order valence-corrected chi connectivity index (χ0v) is 50.5. The van der Waals surface area contributed by atoms with E-state index in [1.807, 2.05) is 88.4 Å². The largest absolute Gasteiger partial charge is 1.00 e. The summed E-state index contributed by atoms with van der Waals surface area (Å²) in [5.41, 5.74) is 6.52. The molecule has 2 aliphatic rings. The number of aliphatic hydroxyl groups is 1. The van der Waals surface area contributed by atoms with Crippen LogP contribution < -0.4 is 29.6 Å². The second-order valence-corrected chi connectivity index (χ2v) is 22.0. The van der Waals surface area contributed by atoms with E-state index in [0.29, 0.717) is 28.8 Å². The molecule has 78 heavy (non-hydrogen) atoms. The fourth-order valence-electron chi connectivity index (χ4n) is 9.75. The van der Waals surface area contributed by atoms with E-state index in [0.717, 1.165) is 88.9 Å². The van der Waals surface area contributed by atoms with Gasteiger partial charge < -0.3 is 30.5 Å². The number of nitrogens with zero attached hydrogens (tertiary/aromatic N) is 2. The number of carbonyl (C=O) groups is 4. The molecule has 0 bridgehead atoms. The van der Waals surface area contributed by atoms with Gasteiger partial charge in [0.05, 0.1) is 42.1 Å². The van der Waals surface area contributed by atoms with Crippen molar-refractivity contribution in [1.82, 2.24) is 9.80 Å². The van der Waals surface area contributed by atoms with Crippen LogP contribution in [0.3, 0.4) is 0 Å². The van der Waals surface area contributed by atoms with Gasteiger partial charge in [-0.25, -0.2) is 0 Å². The van der Waals surface area contributed by atoms with E-state index in [1.54, 1.807) is 12.1 Å². The second kappa shape index (κ2) is 32.2. The number of likely N-dealkylation sites (tertiary alicyclic amines) is 2. The Morgan fingerprint density at radius 2 is 0.846 bits per heavy atom. The number of aliphatic hydroxyl groups excluding tert-OH is 1. The first-order valence-electron chi connectivity index (χ1n) is 27.2. The maximum absolute atomic E-state index is 12.8. The van der Waals surface area contributed by atoms with Gasteiger partial charge in [-0.05, 0) is 113 Å². The van der Waals surface area contributed by atoms with Crippen molar-refractivity contribution in [3.8, 4) is 0 Å². The predicted molar refractivity (Wildman–Crippen MR) is 312 cm³/mol. The van der Waals surface area contributed by atoms with Crippen molar-refractivity contribution in [3.05, 3.63) is 214 Å². The first kappa shape index (κ1) is 63.7. The van der Waals surface area contributed by atoms with Crippen LogP contribution in [0.4, 0.5) is 0 Å². The second-order valence-electron chi connectivity index (χ2n) is 21.1. The SMILES string of the molecule is BrC(c1ccccc1)c1ccccc1.COC(=O)C(C)(C)c1ccc(C(=O)CCCN2CCC(O)CC2)cc1.COC(=O)C(C)(C)c1ccc(C(=O)CCCN2CCC(OC(c3ccccc3)c3ccccc3)CC2)cc1.[H-].[Na+].